The van der Waals surface area contributed by atoms with Crippen LogP contribution in [0.2, 0.25) is 0 Å². The maximum absolute atomic E-state index is 3.44. The maximum atomic E-state index is 3.44. The molecule has 3 nitrogen and oxygen atoms in total. The Morgan fingerprint density at radius 3 is 2.05 bits per heavy atom. The van der Waals surface area contributed by atoms with Crippen molar-refractivity contribution in [3.05, 3.63) is 0 Å². The minimum atomic E-state index is 0.686. The van der Waals surface area contributed by atoms with Gasteiger partial charge in [-0.25, -0.2) is 0 Å². The molecule has 0 aromatic rings. The Labute approximate surface area is 127 Å². The number of piperidine rings is 1. The summed E-state index contributed by atoms with van der Waals surface area (Å²) < 4.78 is 0. The molecule has 0 radical (unpaired) electrons. The van der Waals surface area contributed by atoms with Gasteiger partial charge in [0.1, 0.15) is 0 Å². The highest BCUT2D eigenvalue weighted by Crippen LogP contribution is 2.34. The molecule has 3 aliphatic heterocycles. The van der Waals surface area contributed by atoms with Gasteiger partial charge in [0.25, 0.3) is 0 Å². The first-order chi connectivity index (χ1) is 9.76. The fourth-order valence-corrected chi connectivity index (χ4v) is 3.56. The molecule has 3 heterocycles. The first-order valence-corrected chi connectivity index (χ1v) is 8.87. The predicted molar refractivity (Wildman–Crippen MR) is 89.3 cm³/mol. The van der Waals surface area contributed by atoms with E-state index in [9.17, 15) is 0 Å². The van der Waals surface area contributed by atoms with Crippen LogP contribution in [-0.4, -0.2) is 62.7 Å². The van der Waals surface area contributed by atoms with E-state index in [-0.39, 0.29) is 0 Å². The molecule has 3 rings (SSSR count). The minimum absolute atomic E-state index is 0.686. The zero-order chi connectivity index (χ0) is 15.0. The molecule has 0 unspecified atom stereocenters. The molecule has 3 heteroatoms. The zero-order valence-electron chi connectivity index (χ0n) is 14.5. The van der Waals surface area contributed by atoms with Crippen LogP contribution in [0.1, 0.15) is 47.0 Å². The van der Waals surface area contributed by atoms with E-state index in [2.05, 4.69) is 22.2 Å². The van der Waals surface area contributed by atoms with Gasteiger partial charge in [0.05, 0.1) is 0 Å². The monoisotopic (exact) mass is 283 g/mol. The summed E-state index contributed by atoms with van der Waals surface area (Å²) in [6, 6.07) is 0. The number of nitrogens with zero attached hydrogens (tertiary/aromatic N) is 2. The van der Waals surface area contributed by atoms with E-state index in [0.29, 0.717) is 5.41 Å². The Kier molecular flexibility index (Phi) is 8.08. The Bertz CT molecular complexity index is 243. The van der Waals surface area contributed by atoms with E-state index >= 15 is 0 Å². The fourth-order valence-electron chi connectivity index (χ4n) is 3.56. The Hall–Kier alpha value is -0.120. The smallest absolute Gasteiger partial charge is 0.00918 e. The van der Waals surface area contributed by atoms with Crippen molar-refractivity contribution in [3.63, 3.8) is 0 Å². The Balaban J connectivity index is 0.000000461. The quantitative estimate of drug-likeness (QED) is 0.840. The van der Waals surface area contributed by atoms with E-state index < -0.39 is 0 Å². The van der Waals surface area contributed by atoms with Crippen LogP contribution in [0.25, 0.3) is 0 Å². The van der Waals surface area contributed by atoms with Gasteiger partial charge in [-0.1, -0.05) is 27.7 Å². The van der Waals surface area contributed by atoms with E-state index in [1.54, 1.807) is 0 Å². The van der Waals surface area contributed by atoms with Crippen molar-refractivity contribution in [1.82, 2.24) is 15.1 Å². The Morgan fingerprint density at radius 2 is 1.60 bits per heavy atom. The third-order valence-corrected chi connectivity index (χ3v) is 4.87. The van der Waals surface area contributed by atoms with E-state index in [1.807, 2.05) is 27.7 Å². The van der Waals surface area contributed by atoms with Gasteiger partial charge < -0.3 is 15.1 Å². The summed E-state index contributed by atoms with van der Waals surface area (Å²) in [7, 11) is 2.25. The molecule has 0 atom stereocenters. The molecule has 20 heavy (non-hydrogen) atoms. The minimum Gasteiger partial charge on any atom is -0.315 e. The van der Waals surface area contributed by atoms with Crippen molar-refractivity contribution in [3.8, 4) is 0 Å². The second-order valence-corrected chi connectivity index (χ2v) is 6.34. The molecule has 3 aliphatic rings. The number of rotatable bonds is 2. The summed E-state index contributed by atoms with van der Waals surface area (Å²) in [5, 5.41) is 3.44. The number of nitrogens with one attached hydrogen (secondary N) is 1. The lowest BCUT2D eigenvalue weighted by Gasteiger charge is -2.39. The Morgan fingerprint density at radius 1 is 1.00 bits per heavy atom. The van der Waals surface area contributed by atoms with Gasteiger partial charge in [-0.15, -0.1) is 0 Å². The summed E-state index contributed by atoms with van der Waals surface area (Å²) in [5.41, 5.74) is 0.686. The molecule has 0 saturated carbocycles. The van der Waals surface area contributed by atoms with Crippen molar-refractivity contribution in [2.75, 3.05) is 52.9 Å². The summed E-state index contributed by atoms with van der Waals surface area (Å²) in [5.74, 6) is 0.972. The number of hydrogen-bond acceptors (Lipinski definition) is 3. The zero-order valence-corrected chi connectivity index (χ0v) is 14.5. The highest BCUT2D eigenvalue weighted by atomic mass is 15.2. The third kappa shape index (κ3) is 4.71. The van der Waals surface area contributed by atoms with Crippen LogP contribution in [0.3, 0.4) is 0 Å². The maximum Gasteiger partial charge on any atom is 0.00918 e. The van der Waals surface area contributed by atoms with Crippen molar-refractivity contribution in [2.45, 2.75) is 47.0 Å². The molecule has 0 aromatic carbocycles. The SMILES string of the molecule is CC.CC.CN1CCC(CN2CCC3(CNC3)C2)CC1. The van der Waals surface area contributed by atoms with Crippen LogP contribution in [0, 0.1) is 11.3 Å². The first kappa shape index (κ1) is 17.9. The second kappa shape index (κ2) is 9.01. The molecule has 0 amide bonds. The van der Waals surface area contributed by atoms with E-state index in [4.69, 9.17) is 0 Å². The van der Waals surface area contributed by atoms with Crippen LogP contribution in [0.4, 0.5) is 0 Å². The number of likely N-dealkylation sites (tertiary alicyclic amines) is 2. The first-order valence-electron chi connectivity index (χ1n) is 8.87. The summed E-state index contributed by atoms with van der Waals surface area (Å²) >= 11 is 0. The summed E-state index contributed by atoms with van der Waals surface area (Å²) in [4.78, 5) is 5.20. The highest BCUT2D eigenvalue weighted by Gasteiger charge is 2.43. The van der Waals surface area contributed by atoms with Crippen LogP contribution in [0.15, 0.2) is 0 Å². The highest BCUT2D eigenvalue weighted by molar-refractivity contribution is 4.99. The average molecular weight is 284 g/mol. The van der Waals surface area contributed by atoms with Crippen molar-refractivity contribution < 1.29 is 0 Å². The van der Waals surface area contributed by atoms with Crippen molar-refractivity contribution in [2.24, 2.45) is 11.3 Å². The van der Waals surface area contributed by atoms with Gasteiger partial charge in [0.15, 0.2) is 0 Å². The standard InChI is InChI=1S/C13H25N3.2C2H6/c1-15-5-2-12(3-6-15)8-16-7-4-13(11-16)9-14-10-13;2*1-2/h12,14H,2-11H2,1H3;2*1-2H3. The second-order valence-electron chi connectivity index (χ2n) is 6.34. The lowest BCUT2D eigenvalue weighted by Crippen LogP contribution is -2.54. The third-order valence-electron chi connectivity index (χ3n) is 4.87. The molecule has 1 N–H and O–H groups in total. The molecular formula is C17H37N3. The largest absolute Gasteiger partial charge is 0.315 e. The lowest BCUT2D eigenvalue weighted by molar-refractivity contribution is 0.141. The molecular weight excluding hydrogens is 246 g/mol. The van der Waals surface area contributed by atoms with Gasteiger partial charge in [-0.3, -0.25) is 0 Å². The number of hydrogen-bond donors (Lipinski definition) is 1. The summed E-state index contributed by atoms with van der Waals surface area (Å²) in [6.07, 6.45) is 4.27. The normalized spacial score (nSPS) is 26.2. The molecule has 1 spiro atoms. The average Bonchev–Trinajstić information content (AvgIpc) is 2.90. The molecule has 0 bridgehead atoms. The van der Waals surface area contributed by atoms with Gasteiger partial charge in [0.2, 0.25) is 0 Å². The molecule has 0 aliphatic carbocycles. The summed E-state index contributed by atoms with van der Waals surface area (Å²) in [6.45, 7) is 17.3. The fraction of sp³-hybridized carbons (Fsp3) is 1.00. The topological polar surface area (TPSA) is 18.5 Å². The van der Waals surface area contributed by atoms with E-state index in [0.717, 1.165) is 5.92 Å². The van der Waals surface area contributed by atoms with Gasteiger partial charge in [-0.2, -0.15) is 0 Å². The molecule has 0 aromatic heterocycles. The van der Waals surface area contributed by atoms with Crippen LogP contribution < -0.4 is 5.32 Å². The van der Waals surface area contributed by atoms with Gasteiger partial charge >= 0.3 is 0 Å². The predicted octanol–water partition coefficient (Wildman–Crippen LogP) is 2.68. The van der Waals surface area contributed by atoms with Crippen molar-refractivity contribution in [1.29, 1.82) is 0 Å². The molecule has 120 valence electrons. The van der Waals surface area contributed by atoms with Crippen LogP contribution in [-0.2, 0) is 0 Å². The van der Waals surface area contributed by atoms with Crippen LogP contribution in [0.5, 0.6) is 0 Å². The van der Waals surface area contributed by atoms with Gasteiger partial charge in [0, 0.05) is 31.6 Å². The van der Waals surface area contributed by atoms with E-state index in [1.165, 1.54) is 65.1 Å². The van der Waals surface area contributed by atoms with Crippen LogP contribution >= 0.6 is 0 Å². The van der Waals surface area contributed by atoms with Crippen molar-refractivity contribution >= 4 is 0 Å². The molecule has 3 fully saturated rings. The lowest BCUT2D eigenvalue weighted by atomic mass is 9.81. The van der Waals surface area contributed by atoms with Gasteiger partial charge in [-0.05, 0) is 51.9 Å². The molecule has 3 saturated heterocycles.